The van der Waals surface area contributed by atoms with Crippen LogP contribution in [0.1, 0.15) is 38.8 Å². The Hall–Kier alpha value is -3.00. The third-order valence-corrected chi connectivity index (χ3v) is 4.22. The van der Waals surface area contributed by atoms with E-state index < -0.39 is 12.0 Å². The number of thiophene rings is 1. The van der Waals surface area contributed by atoms with Crippen molar-refractivity contribution >= 4 is 23.2 Å². The summed E-state index contributed by atoms with van der Waals surface area (Å²) in [4.78, 5) is 28.3. The molecule has 0 saturated carbocycles. The van der Waals surface area contributed by atoms with Gasteiger partial charge in [-0.05, 0) is 30.5 Å². The summed E-state index contributed by atoms with van der Waals surface area (Å²) in [5.74, 6) is -1.39. The first kappa shape index (κ1) is 15.9. The molecule has 1 atom stereocenters. The largest absolute Gasteiger partial charge is 0.477 e. The molecule has 1 amide bonds. The van der Waals surface area contributed by atoms with Gasteiger partial charge in [0, 0.05) is 18.0 Å². The van der Waals surface area contributed by atoms with E-state index in [1.165, 1.54) is 17.5 Å². The first-order chi connectivity index (χ1) is 11.6. The van der Waals surface area contributed by atoms with E-state index in [-0.39, 0.29) is 22.9 Å². The van der Waals surface area contributed by atoms with Crippen LogP contribution in [0.5, 0.6) is 0 Å². The molecule has 0 aliphatic rings. The van der Waals surface area contributed by atoms with Crippen LogP contribution in [0.4, 0.5) is 0 Å². The zero-order valence-corrected chi connectivity index (χ0v) is 13.4. The van der Waals surface area contributed by atoms with Gasteiger partial charge >= 0.3 is 5.97 Å². The van der Waals surface area contributed by atoms with Crippen LogP contribution < -0.4 is 5.32 Å². The zero-order chi connectivity index (χ0) is 17.1. The van der Waals surface area contributed by atoms with Gasteiger partial charge in [-0.3, -0.25) is 9.78 Å². The molecular weight excluding hydrogens is 330 g/mol. The molecule has 0 saturated heterocycles. The number of rotatable bonds is 5. The predicted molar refractivity (Wildman–Crippen MR) is 86.9 cm³/mol. The second-order valence-corrected chi connectivity index (χ2v) is 5.94. The van der Waals surface area contributed by atoms with Gasteiger partial charge in [-0.25, -0.2) is 4.79 Å². The lowest BCUT2D eigenvalue weighted by Crippen LogP contribution is -2.26. The Morgan fingerprint density at radius 2 is 2.17 bits per heavy atom. The predicted octanol–water partition coefficient (Wildman–Crippen LogP) is 2.99. The summed E-state index contributed by atoms with van der Waals surface area (Å²) in [6.45, 7) is 1.64. The normalized spacial score (nSPS) is 11.9. The number of carbonyl (C=O) groups is 2. The van der Waals surface area contributed by atoms with Crippen molar-refractivity contribution in [2.45, 2.75) is 13.0 Å². The van der Waals surface area contributed by atoms with E-state index in [1.54, 1.807) is 42.8 Å². The van der Waals surface area contributed by atoms with Crippen molar-refractivity contribution in [3.63, 3.8) is 0 Å². The number of carboxylic acids is 1. The molecule has 3 aromatic rings. The van der Waals surface area contributed by atoms with Gasteiger partial charge in [0.05, 0.1) is 10.9 Å². The Kier molecular flexibility index (Phi) is 4.39. The molecule has 3 aromatic heterocycles. The third-order valence-electron chi connectivity index (χ3n) is 3.35. The molecule has 8 heteroatoms. The Bertz CT molecular complexity index is 859. The number of amides is 1. The lowest BCUT2D eigenvalue weighted by molar-refractivity contribution is 0.0692. The van der Waals surface area contributed by atoms with Crippen molar-refractivity contribution < 1.29 is 19.2 Å². The van der Waals surface area contributed by atoms with E-state index in [4.69, 9.17) is 4.52 Å². The molecule has 24 heavy (non-hydrogen) atoms. The highest BCUT2D eigenvalue weighted by atomic mass is 32.1. The maximum absolute atomic E-state index is 12.1. The standard InChI is InChI=1S/C16H13N3O4S/c1-9(18-15(20)11-5-3-7-24-11)14-12(16(21)22)13(19-23-14)10-4-2-6-17-8-10/h2-9H,1H3,(H,18,20)(H,21,22)/t9-/m1/s1. The van der Waals surface area contributed by atoms with E-state index in [2.05, 4.69) is 15.5 Å². The van der Waals surface area contributed by atoms with Gasteiger partial charge in [0.2, 0.25) is 0 Å². The summed E-state index contributed by atoms with van der Waals surface area (Å²) in [6.07, 6.45) is 3.08. The number of aromatic nitrogens is 2. The number of pyridine rings is 1. The van der Waals surface area contributed by atoms with E-state index in [0.717, 1.165) is 0 Å². The highest BCUT2D eigenvalue weighted by Gasteiger charge is 2.28. The Labute approximate surface area is 140 Å². The monoisotopic (exact) mass is 343 g/mol. The summed E-state index contributed by atoms with van der Waals surface area (Å²) in [7, 11) is 0. The number of carbonyl (C=O) groups excluding carboxylic acids is 1. The van der Waals surface area contributed by atoms with E-state index in [1.807, 2.05) is 0 Å². The average Bonchev–Trinajstić information content (AvgIpc) is 3.25. The fraction of sp³-hybridized carbons (Fsp3) is 0.125. The molecule has 0 radical (unpaired) electrons. The molecule has 2 N–H and O–H groups in total. The minimum atomic E-state index is -1.18. The number of aromatic carboxylic acids is 1. The minimum absolute atomic E-state index is 0.0815. The van der Waals surface area contributed by atoms with Crippen molar-refractivity contribution in [2.75, 3.05) is 0 Å². The van der Waals surface area contributed by atoms with E-state index in [9.17, 15) is 14.7 Å². The summed E-state index contributed by atoms with van der Waals surface area (Å²) in [5, 5.41) is 17.9. The van der Waals surface area contributed by atoms with Gasteiger partial charge in [0.25, 0.3) is 5.91 Å². The number of nitrogens with zero attached hydrogens (tertiary/aromatic N) is 2. The van der Waals surface area contributed by atoms with Crippen molar-refractivity contribution in [1.29, 1.82) is 0 Å². The summed E-state index contributed by atoms with van der Waals surface area (Å²) < 4.78 is 5.22. The first-order valence-electron chi connectivity index (χ1n) is 7.05. The SMILES string of the molecule is C[C@@H](NC(=O)c1cccs1)c1onc(-c2cccnc2)c1C(=O)O. The topological polar surface area (TPSA) is 105 Å². The fourth-order valence-electron chi connectivity index (χ4n) is 2.25. The Morgan fingerprint density at radius 3 is 2.79 bits per heavy atom. The van der Waals surface area contributed by atoms with E-state index in [0.29, 0.717) is 10.4 Å². The Morgan fingerprint density at radius 1 is 1.33 bits per heavy atom. The molecule has 0 bridgehead atoms. The smallest absolute Gasteiger partial charge is 0.341 e. The summed E-state index contributed by atoms with van der Waals surface area (Å²) in [5.41, 5.74) is 0.631. The van der Waals surface area contributed by atoms with Crippen LogP contribution in [-0.2, 0) is 0 Å². The average molecular weight is 343 g/mol. The maximum atomic E-state index is 12.1. The highest BCUT2D eigenvalue weighted by molar-refractivity contribution is 7.12. The molecule has 7 nitrogen and oxygen atoms in total. The maximum Gasteiger partial charge on any atom is 0.341 e. The lowest BCUT2D eigenvalue weighted by Gasteiger charge is -2.10. The van der Waals surface area contributed by atoms with Crippen LogP contribution in [0.2, 0.25) is 0 Å². The van der Waals surface area contributed by atoms with Crippen LogP contribution in [0, 0.1) is 0 Å². The van der Waals surface area contributed by atoms with Crippen molar-refractivity contribution in [3.8, 4) is 11.3 Å². The molecule has 0 unspecified atom stereocenters. The summed E-state index contributed by atoms with van der Waals surface area (Å²) >= 11 is 1.30. The van der Waals surface area contributed by atoms with Crippen LogP contribution in [0.25, 0.3) is 11.3 Å². The minimum Gasteiger partial charge on any atom is -0.477 e. The fourth-order valence-corrected chi connectivity index (χ4v) is 2.87. The van der Waals surface area contributed by atoms with Gasteiger partial charge in [0.15, 0.2) is 5.76 Å². The number of hydrogen-bond acceptors (Lipinski definition) is 6. The second kappa shape index (κ2) is 6.63. The van der Waals surface area contributed by atoms with Crippen LogP contribution in [0.3, 0.4) is 0 Å². The molecule has 0 spiro atoms. The lowest BCUT2D eigenvalue weighted by atomic mass is 10.0. The van der Waals surface area contributed by atoms with Crippen molar-refractivity contribution in [1.82, 2.24) is 15.5 Å². The van der Waals surface area contributed by atoms with Gasteiger partial charge < -0.3 is 14.9 Å². The molecule has 0 fully saturated rings. The number of nitrogens with one attached hydrogen (secondary N) is 1. The molecule has 3 heterocycles. The second-order valence-electron chi connectivity index (χ2n) is 4.99. The Balaban J connectivity index is 1.92. The molecule has 0 aliphatic carbocycles. The molecule has 3 rings (SSSR count). The molecule has 122 valence electrons. The van der Waals surface area contributed by atoms with Gasteiger partial charge in [-0.2, -0.15) is 0 Å². The number of hydrogen-bond donors (Lipinski definition) is 2. The van der Waals surface area contributed by atoms with E-state index >= 15 is 0 Å². The van der Waals surface area contributed by atoms with Crippen LogP contribution in [-0.4, -0.2) is 27.1 Å². The first-order valence-corrected chi connectivity index (χ1v) is 7.93. The third kappa shape index (κ3) is 3.04. The quantitative estimate of drug-likeness (QED) is 0.738. The van der Waals surface area contributed by atoms with Crippen molar-refractivity contribution in [2.24, 2.45) is 0 Å². The van der Waals surface area contributed by atoms with Crippen molar-refractivity contribution in [3.05, 3.63) is 58.2 Å². The highest BCUT2D eigenvalue weighted by Crippen LogP contribution is 2.29. The zero-order valence-electron chi connectivity index (χ0n) is 12.6. The molecular formula is C16H13N3O4S. The van der Waals surface area contributed by atoms with Gasteiger partial charge in [-0.15, -0.1) is 11.3 Å². The molecule has 0 aromatic carbocycles. The van der Waals surface area contributed by atoms with Gasteiger partial charge in [0.1, 0.15) is 11.3 Å². The number of carboxylic acid groups (broad SMARTS) is 1. The summed E-state index contributed by atoms with van der Waals surface area (Å²) in [6, 6.07) is 6.17. The molecule has 0 aliphatic heterocycles. The van der Waals surface area contributed by atoms with Gasteiger partial charge in [-0.1, -0.05) is 11.2 Å². The van der Waals surface area contributed by atoms with Crippen LogP contribution in [0.15, 0.2) is 46.6 Å². The van der Waals surface area contributed by atoms with Crippen LogP contribution >= 0.6 is 11.3 Å².